The maximum absolute atomic E-state index is 11.0. The third-order valence-corrected chi connectivity index (χ3v) is 1.45. The maximum atomic E-state index is 11.0. The van der Waals surface area contributed by atoms with Crippen LogP contribution in [0.15, 0.2) is 18.3 Å². The summed E-state index contributed by atoms with van der Waals surface area (Å²) in [5.41, 5.74) is 5.03. The van der Waals surface area contributed by atoms with Crippen LogP contribution in [0.3, 0.4) is 0 Å². The zero-order valence-corrected chi connectivity index (χ0v) is 6.98. The molecule has 0 spiro atoms. The number of nitrogens with zero attached hydrogens (tertiary/aromatic N) is 1. The number of nitrogens with two attached hydrogens (primary N) is 1. The van der Waals surface area contributed by atoms with Gasteiger partial charge in [-0.15, -0.1) is 0 Å². The highest BCUT2D eigenvalue weighted by Gasteiger charge is 2.15. The molecule has 1 aromatic heterocycles. The molecule has 0 aliphatic carbocycles. The van der Waals surface area contributed by atoms with Crippen LogP contribution in [0.4, 0.5) is 0 Å². The summed E-state index contributed by atoms with van der Waals surface area (Å²) in [6, 6.07) is 2.94. The van der Waals surface area contributed by atoms with Gasteiger partial charge in [0.2, 0.25) is 0 Å². The lowest BCUT2D eigenvalue weighted by atomic mass is 10.2. The maximum Gasteiger partial charge on any atom is 0.357 e. The van der Waals surface area contributed by atoms with Crippen LogP contribution in [0.1, 0.15) is 20.8 Å². The molecule has 5 heteroatoms. The monoisotopic (exact) mass is 180 g/mol. The van der Waals surface area contributed by atoms with Gasteiger partial charge in [0.15, 0.2) is 5.69 Å². The first-order valence-electron chi connectivity index (χ1n) is 3.50. The minimum Gasteiger partial charge on any atom is -0.464 e. The summed E-state index contributed by atoms with van der Waals surface area (Å²) in [5.74, 6) is -1.37. The molecule has 0 bridgehead atoms. The lowest BCUT2D eigenvalue weighted by Gasteiger charge is -2.01. The van der Waals surface area contributed by atoms with Gasteiger partial charge < -0.3 is 10.5 Å². The number of ether oxygens (including phenoxy) is 1. The second-order valence-electron chi connectivity index (χ2n) is 2.26. The standard InChI is InChI=1S/C8H8N2O3/c1-13-8(12)6-5(7(9)11)3-2-4-10-6/h2-4H,1H3,(H2,9,11). The molecule has 2 N–H and O–H groups in total. The van der Waals surface area contributed by atoms with Crippen LogP contribution in [-0.2, 0) is 4.74 Å². The summed E-state index contributed by atoms with van der Waals surface area (Å²) in [6.45, 7) is 0. The summed E-state index contributed by atoms with van der Waals surface area (Å²) in [6.07, 6.45) is 1.39. The molecule has 13 heavy (non-hydrogen) atoms. The molecule has 0 saturated heterocycles. The van der Waals surface area contributed by atoms with Crippen molar-refractivity contribution in [1.29, 1.82) is 0 Å². The fourth-order valence-corrected chi connectivity index (χ4v) is 0.863. The second kappa shape index (κ2) is 3.66. The number of rotatable bonds is 2. The molecule has 0 unspecified atom stereocenters. The Balaban J connectivity index is 3.19. The molecule has 0 radical (unpaired) electrons. The number of carbonyl (C=O) groups excluding carboxylic acids is 2. The summed E-state index contributed by atoms with van der Waals surface area (Å²) in [7, 11) is 1.21. The predicted molar refractivity (Wildman–Crippen MR) is 44.1 cm³/mol. The molecule has 5 nitrogen and oxygen atoms in total. The van der Waals surface area contributed by atoms with Crippen molar-refractivity contribution in [2.24, 2.45) is 5.73 Å². The van der Waals surface area contributed by atoms with Gasteiger partial charge in [0.05, 0.1) is 12.7 Å². The molecule has 0 atom stereocenters. The van der Waals surface area contributed by atoms with Crippen molar-refractivity contribution < 1.29 is 14.3 Å². The van der Waals surface area contributed by atoms with Crippen LogP contribution in [0, 0.1) is 0 Å². The first-order chi connectivity index (χ1) is 6.16. The summed E-state index contributed by atoms with van der Waals surface area (Å²) < 4.78 is 4.42. The summed E-state index contributed by atoms with van der Waals surface area (Å²) in [5, 5.41) is 0. The molecule has 1 aromatic rings. The van der Waals surface area contributed by atoms with Gasteiger partial charge in [0, 0.05) is 6.20 Å². The molecule has 0 fully saturated rings. The number of hydrogen-bond donors (Lipinski definition) is 1. The zero-order chi connectivity index (χ0) is 9.84. The first kappa shape index (κ1) is 9.18. The van der Waals surface area contributed by atoms with Crippen molar-refractivity contribution in [3.63, 3.8) is 0 Å². The molecular formula is C8H8N2O3. The van der Waals surface area contributed by atoms with Crippen LogP contribution >= 0.6 is 0 Å². The molecule has 0 aliphatic heterocycles. The van der Waals surface area contributed by atoms with Crippen molar-refractivity contribution in [1.82, 2.24) is 4.98 Å². The Morgan fingerprint density at radius 2 is 2.23 bits per heavy atom. The Morgan fingerprint density at radius 3 is 2.77 bits per heavy atom. The highest BCUT2D eigenvalue weighted by Crippen LogP contribution is 2.05. The van der Waals surface area contributed by atoms with Gasteiger partial charge in [-0.25, -0.2) is 9.78 Å². The topological polar surface area (TPSA) is 82.3 Å². The Morgan fingerprint density at radius 1 is 1.54 bits per heavy atom. The van der Waals surface area contributed by atoms with Crippen LogP contribution < -0.4 is 5.73 Å². The normalized spacial score (nSPS) is 9.31. The summed E-state index contributed by atoms with van der Waals surface area (Å²) >= 11 is 0. The number of pyridine rings is 1. The molecule has 0 aromatic carbocycles. The van der Waals surface area contributed by atoms with Gasteiger partial charge in [0.25, 0.3) is 5.91 Å². The molecule has 1 heterocycles. The van der Waals surface area contributed by atoms with Crippen molar-refractivity contribution in [3.05, 3.63) is 29.6 Å². The largest absolute Gasteiger partial charge is 0.464 e. The molecule has 68 valence electrons. The van der Waals surface area contributed by atoms with E-state index in [1.165, 1.54) is 25.4 Å². The van der Waals surface area contributed by atoms with Crippen molar-refractivity contribution >= 4 is 11.9 Å². The van der Waals surface area contributed by atoms with Crippen LogP contribution in [0.2, 0.25) is 0 Å². The Kier molecular flexibility index (Phi) is 2.59. The van der Waals surface area contributed by atoms with Gasteiger partial charge in [-0.2, -0.15) is 0 Å². The van der Waals surface area contributed by atoms with E-state index in [0.717, 1.165) is 0 Å². The smallest absolute Gasteiger partial charge is 0.357 e. The number of aromatic nitrogens is 1. The molecule has 1 rings (SSSR count). The van der Waals surface area contributed by atoms with E-state index in [9.17, 15) is 9.59 Å². The Labute approximate surface area is 74.5 Å². The number of hydrogen-bond acceptors (Lipinski definition) is 4. The predicted octanol–water partition coefficient (Wildman–Crippen LogP) is -0.0329. The van der Waals surface area contributed by atoms with Crippen molar-refractivity contribution in [2.75, 3.05) is 7.11 Å². The van der Waals surface area contributed by atoms with Crippen molar-refractivity contribution in [3.8, 4) is 0 Å². The third-order valence-electron chi connectivity index (χ3n) is 1.45. The fourth-order valence-electron chi connectivity index (χ4n) is 0.863. The highest BCUT2D eigenvalue weighted by atomic mass is 16.5. The van der Waals surface area contributed by atoms with Crippen molar-refractivity contribution in [2.45, 2.75) is 0 Å². The molecule has 0 aliphatic rings. The lowest BCUT2D eigenvalue weighted by Crippen LogP contribution is -2.18. The minimum absolute atomic E-state index is 0.0579. The average molecular weight is 180 g/mol. The van der Waals surface area contributed by atoms with E-state index in [0.29, 0.717) is 0 Å². The summed E-state index contributed by atoms with van der Waals surface area (Å²) in [4.78, 5) is 25.6. The molecule has 0 saturated carbocycles. The zero-order valence-electron chi connectivity index (χ0n) is 6.98. The van der Waals surface area contributed by atoms with E-state index < -0.39 is 11.9 Å². The van der Waals surface area contributed by atoms with E-state index in [1.807, 2.05) is 0 Å². The van der Waals surface area contributed by atoms with Crippen LogP contribution in [0.5, 0.6) is 0 Å². The van der Waals surface area contributed by atoms with E-state index in [2.05, 4.69) is 9.72 Å². The Hall–Kier alpha value is -1.91. The molecular weight excluding hydrogens is 172 g/mol. The lowest BCUT2D eigenvalue weighted by molar-refractivity contribution is 0.0590. The number of carbonyl (C=O) groups is 2. The van der Waals surface area contributed by atoms with Gasteiger partial charge >= 0.3 is 5.97 Å². The van der Waals surface area contributed by atoms with Gasteiger partial charge in [0.1, 0.15) is 0 Å². The second-order valence-corrected chi connectivity index (χ2v) is 2.26. The number of methoxy groups -OCH3 is 1. The van der Waals surface area contributed by atoms with E-state index in [4.69, 9.17) is 5.73 Å². The third kappa shape index (κ3) is 1.81. The van der Waals surface area contributed by atoms with E-state index in [-0.39, 0.29) is 11.3 Å². The highest BCUT2D eigenvalue weighted by molar-refractivity contribution is 6.03. The van der Waals surface area contributed by atoms with E-state index >= 15 is 0 Å². The van der Waals surface area contributed by atoms with Gasteiger partial charge in [-0.05, 0) is 12.1 Å². The SMILES string of the molecule is COC(=O)c1ncccc1C(N)=O. The fraction of sp³-hybridized carbons (Fsp3) is 0.125. The van der Waals surface area contributed by atoms with Crippen LogP contribution in [-0.4, -0.2) is 24.0 Å². The van der Waals surface area contributed by atoms with Gasteiger partial charge in [-0.3, -0.25) is 4.79 Å². The minimum atomic E-state index is -0.700. The van der Waals surface area contributed by atoms with Crippen LogP contribution in [0.25, 0.3) is 0 Å². The average Bonchev–Trinajstić information content (AvgIpc) is 2.16. The molecule has 1 amide bonds. The quantitative estimate of drug-likeness (QED) is 0.647. The number of esters is 1. The first-order valence-corrected chi connectivity index (χ1v) is 3.50. The Bertz CT molecular complexity index is 349. The number of amides is 1. The number of primary amides is 1. The van der Waals surface area contributed by atoms with Gasteiger partial charge in [-0.1, -0.05) is 0 Å². The van der Waals surface area contributed by atoms with E-state index in [1.54, 1.807) is 0 Å².